The van der Waals surface area contributed by atoms with Crippen molar-refractivity contribution >= 4 is 5.57 Å². The molecule has 1 aliphatic heterocycles. The van der Waals surface area contributed by atoms with Crippen LogP contribution in [0.25, 0.3) is 33.8 Å². The van der Waals surface area contributed by atoms with E-state index in [-0.39, 0.29) is 11.0 Å². The van der Waals surface area contributed by atoms with E-state index >= 15 is 0 Å². The molecular weight excluding hydrogens is 464 g/mol. The predicted molar refractivity (Wildman–Crippen MR) is 157 cm³/mol. The number of rotatable bonds is 9. The Morgan fingerprint density at radius 3 is 2.39 bits per heavy atom. The van der Waals surface area contributed by atoms with Crippen LogP contribution in [0.1, 0.15) is 84.3 Å². The number of fused-ring (bicyclic) bond motifs is 3. The van der Waals surface area contributed by atoms with E-state index < -0.39 is 0 Å². The van der Waals surface area contributed by atoms with Gasteiger partial charge in [0.15, 0.2) is 11.7 Å². The fraction of sp³-hybridized carbons (Fsp3) is 0.382. The van der Waals surface area contributed by atoms with Crippen LogP contribution in [0.5, 0.6) is 0 Å². The molecule has 1 aliphatic rings. The fourth-order valence-electron chi connectivity index (χ4n) is 6.17. The van der Waals surface area contributed by atoms with E-state index in [9.17, 15) is 0 Å². The van der Waals surface area contributed by atoms with Gasteiger partial charge in [0.25, 0.3) is 0 Å². The maximum atomic E-state index is 4.59. The Morgan fingerprint density at radius 2 is 1.68 bits per heavy atom. The van der Waals surface area contributed by atoms with Gasteiger partial charge in [-0.3, -0.25) is 0 Å². The van der Waals surface area contributed by atoms with Crippen molar-refractivity contribution in [2.45, 2.75) is 84.1 Å². The number of unbranched alkanes of at least 4 members (excludes halogenated alkanes) is 2. The van der Waals surface area contributed by atoms with E-state index in [0.717, 1.165) is 29.8 Å². The van der Waals surface area contributed by atoms with Crippen LogP contribution in [-0.4, -0.2) is 15.0 Å². The number of benzene rings is 2. The monoisotopic (exact) mass is 505 g/mol. The third-order valence-corrected chi connectivity index (χ3v) is 8.78. The lowest BCUT2D eigenvalue weighted by atomic mass is 9.75. The molecule has 0 spiro atoms. The van der Waals surface area contributed by atoms with Crippen molar-refractivity contribution in [1.29, 1.82) is 0 Å². The molecule has 2 aromatic carbocycles. The third kappa shape index (κ3) is 4.40. The van der Waals surface area contributed by atoms with Crippen LogP contribution in [-0.2, 0) is 11.0 Å². The maximum Gasteiger partial charge on any atom is 0.213 e. The van der Waals surface area contributed by atoms with Gasteiger partial charge in [0.1, 0.15) is 5.69 Å². The van der Waals surface area contributed by atoms with E-state index in [1.165, 1.54) is 53.6 Å². The van der Waals surface area contributed by atoms with E-state index in [4.69, 9.17) is 0 Å². The smallest absolute Gasteiger partial charge is 0.213 e. The summed E-state index contributed by atoms with van der Waals surface area (Å²) in [6.45, 7) is 16.1. The Kier molecular flexibility index (Phi) is 7.09. The molecule has 0 atom stereocenters. The van der Waals surface area contributed by atoms with Crippen molar-refractivity contribution in [3.8, 4) is 28.2 Å². The lowest BCUT2D eigenvalue weighted by Crippen LogP contribution is -2.59. The first-order valence-corrected chi connectivity index (χ1v) is 14.2. The van der Waals surface area contributed by atoms with E-state index in [1.807, 2.05) is 10.9 Å². The summed E-state index contributed by atoms with van der Waals surface area (Å²) < 4.78 is 4.30. The Labute approximate surface area is 228 Å². The summed E-state index contributed by atoms with van der Waals surface area (Å²) in [5, 5.41) is 9.03. The summed E-state index contributed by atoms with van der Waals surface area (Å²) in [5.41, 5.74) is 9.26. The average Bonchev–Trinajstić information content (AvgIpc) is 3.44. The Hall–Kier alpha value is -3.53. The number of aromatic nitrogens is 4. The molecule has 0 N–H and O–H groups in total. The molecule has 0 saturated carbocycles. The summed E-state index contributed by atoms with van der Waals surface area (Å²) in [6.07, 6.45) is 11.3. The highest BCUT2D eigenvalue weighted by molar-refractivity contribution is 5.84. The molecule has 4 heteroatoms. The number of pyridine rings is 1. The van der Waals surface area contributed by atoms with Crippen molar-refractivity contribution in [1.82, 2.24) is 15.0 Å². The van der Waals surface area contributed by atoms with Crippen LogP contribution in [0.4, 0.5) is 0 Å². The topological polar surface area (TPSA) is 34.6 Å². The lowest BCUT2D eigenvalue weighted by molar-refractivity contribution is -0.741. The number of nitrogens with zero attached hydrogens (tertiary/aromatic N) is 4. The molecule has 0 fully saturated rings. The van der Waals surface area contributed by atoms with Crippen LogP contribution in [0.3, 0.4) is 0 Å². The SMILES string of the molecule is C=C1c2ccc(-n3cc(-c4ccc(C(C)(C)CCCCC)cc4)nn3)cc2-c2cccc[n+]2C1(CC)CC. The fourth-order valence-corrected chi connectivity index (χ4v) is 6.17. The highest BCUT2D eigenvalue weighted by atomic mass is 15.4. The molecule has 0 unspecified atom stereocenters. The second-order valence-corrected chi connectivity index (χ2v) is 11.4. The molecule has 0 bridgehead atoms. The minimum absolute atomic E-state index is 0.0950. The molecular formula is C34H41N4+. The molecule has 0 aliphatic carbocycles. The molecule has 0 amide bonds. The Bertz CT molecular complexity index is 1440. The van der Waals surface area contributed by atoms with Crippen LogP contribution in [0.15, 0.2) is 79.6 Å². The van der Waals surface area contributed by atoms with Crippen molar-refractivity contribution in [3.63, 3.8) is 0 Å². The van der Waals surface area contributed by atoms with Crippen molar-refractivity contribution in [2.24, 2.45) is 0 Å². The molecule has 0 radical (unpaired) electrons. The van der Waals surface area contributed by atoms with Gasteiger partial charge in [-0.15, -0.1) is 5.10 Å². The summed E-state index contributed by atoms with van der Waals surface area (Å²) in [7, 11) is 0. The minimum atomic E-state index is -0.0950. The standard InChI is InChI=1S/C34H41N4/c1-7-10-12-21-33(5,6)27-17-15-26(16-18-27)31-24-38(36-35-31)28-19-20-29-25(4)34(8-2,9-3)37-22-13-11-14-32(37)30(29)23-28/h11,13-20,22-24H,4,7-10,12,21H2,1-3,5-6H3/q+1. The number of hydrogen-bond acceptors (Lipinski definition) is 2. The minimum Gasteiger partial charge on any atom is -0.220 e. The first-order valence-electron chi connectivity index (χ1n) is 14.2. The van der Waals surface area contributed by atoms with E-state index in [0.29, 0.717) is 0 Å². The van der Waals surface area contributed by atoms with Gasteiger partial charge in [-0.2, -0.15) is 4.57 Å². The highest BCUT2D eigenvalue weighted by Gasteiger charge is 2.46. The van der Waals surface area contributed by atoms with Crippen LogP contribution >= 0.6 is 0 Å². The van der Waals surface area contributed by atoms with E-state index in [2.05, 4.69) is 123 Å². The largest absolute Gasteiger partial charge is 0.220 e. The van der Waals surface area contributed by atoms with Gasteiger partial charge in [0.2, 0.25) is 5.69 Å². The van der Waals surface area contributed by atoms with Crippen LogP contribution in [0, 0.1) is 0 Å². The molecule has 4 nitrogen and oxygen atoms in total. The lowest BCUT2D eigenvalue weighted by Gasteiger charge is -2.34. The number of hydrogen-bond donors (Lipinski definition) is 0. The third-order valence-electron chi connectivity index (χ3n) is 8.78. The average molecular weight is 506 g/mol. The molecule has 2 aromatic heterocycles. The summed E-state index contributed by atoms with van der Waals surface area (Å²) in [4.78, 5) is 0. The molecule has 38 heavy (non-hydrogen) atoms. The Balaban J connectivity index is 1.45. The van der Waals surface area contributed by atoms with Gasteiger partial charge >= 0.3 is 0 Å². The predicted octanol–water partition coefficient (Wildman–Crippen LogP) is 8.29. The van der Waals surface area contributed by atoms with Gasteiger partial charge < -0.3 is 0 Å². The zero-order chi connectivity index (χ0) is 26.9. The van der Waals surface area contributed by atoms with E-state index in [1.54, 1.807) is 0 Å². The van der Waals surface area contributed by atoms with Crippen molar-refractivity contribution < 1.29 is 4.57 Å². The first kappa shape index (κ1) is 26.1. The first-order chi connectivity index (χ1) is 18.3. The van der Waals surface area contributed by atoms with Crippen molar-refractivity contribution in [3.05, 3.63) is 90.8 Å². The highest BCUT2D eigenvalue weighted by Crippen LogP contribution is 2.43. The summed E-state index contributed by atoms with van der Waals surface area (Å²) in [5.74, 6) is 0. The second-order valence-electron chi connectivity index (χ2n) is 11.4. The van der Waals surface area contributed by atoms with Gasteiger partial charge in [0, 0.05) is 36.1 Å². The Morgan fingerprint density at radius 1 is 0.921 bits per heavy atom. The van der Waals surface area contributed by atoms with Gasteiger partial charge in [-0.05, 0) is 41.2 Å². The zero-order valence-corrected chi connectivity index (χ0v) is 23.7. The molecule has 196 valence electrons. The van der Waals surface area contributed by atoms with Crippen LogP contribution in [0.2, 0.25) is 0 Å². The molecule has 3 heterocycles. The molecule has 5 rings (SSSR count). The second kappa shape index (κ2) is 10.3. The zero-order valence-electron chi connectivity index (χ0n) is 23.7. The number of allylic oxidation sites excluding steroid dienone is 1. The quantitative estimate of drug-likeness (QED) is 0.169. The normalized spacial score (nSPS) is 14.3. The van der Waals surface area contributed by atoms with Crippen LogP contribution < -0.4 is 4.57 Å². The summed E-state index contributed by atoms with van der Waals surface area (Å²) in [6, 6.07) is 21.9. The van der Waals surface area contributed by atoms with Crippen molar-refractivity contribution in [2.75, 3.05) is 0 Å². The van der Waals surface area contributed by atoms with Gasteiger partial charge in [0.05, 0.1) is 17.4 Å². The molecule has 4 aromatic rings. The molecule has 0 saturated heterocycles. The summed E-state index contributed by atoms with van der Waals surface area (Å²) >= 11 is 0. The maximum absolute atomic E-state index is 4.59. The van der Waals surface area contributed by atoms with Gasteiger partial charge in [-0.1, -0.05) is 96.0 Å². The van der Waals surface area contributed by atoms with Gasteiger partial charge in [-0.25, -0.2) is 4.68 Å².